The van der Waals surface area contributed by atoms with E-state index in [2.05, 4.69) is 109 Å². The molecular formula is C33H21BrN4. The molecule has 0 spiro atoms. The maximum atomic E-state index is 4.90. The number of halogens is 1. The van der Waals surface area contributed by atoms with E-state index < -0.39 is 0 Å². The average molecular weight is 553 g/mol. The zero-order valence-electron chi connectivity index (χ0n) is 20.3. The fourth-order valence-corrected chi connectivity index (χ4v) is 5.61. The predicted molar refractivity (Wildman–Crippen MR) is 158 cm³/mol. The largest absolute Gasteiger partial charge is 0.309 e. The summed E-state index contributed by atoms with van der Waals surface area (Å²) in [4.78, 5) is 14.0. The Hall–Kier alpha value is -4.61. The van der Waals surface area contributed by atoms with Gasteiger partial charge in [0.2, 0.25) is 0 Å². The van der Waals surface area contributed by atoms with Crippen LogP contribution in [-0.4, -0.2) is 19.5 Å². The topological polar surface area (TPSA) is 43.6 Å². The third-order valence-corrected chi connectivity index (χ3v) is 7.45. The van der Waals surface area contributed by atoms with Crippen LogP contribution in [0.15, 0.2) is 132 Å². The first-order valence-electron chi connectivity index (χ1n) is 12.4. The summed E-state index contributed by atoms with van der Waals surface area (Å²) in [5, 5.41) is 2.45. The van der Waals surface area contributed by atoms with Gasteiger partial charge >= 0.3 is 0 Å². The summed E-state index contributed by atoms with van der Waals surface area (Å²) >= 11 is 3.77. The molecule has 4 nitrogen and oxygen atoms in total. The molecule has 0 saturated heterocycles. The first kappa shape index (κ1) is 22.6. The molecule has 0 bridgehead atoms. The fourth-order valence-electron chi connectivity index (χ4n) is 5.04. The van der Waals surface area contributed by atoms with E-state index in [9.17, 15) is 0 Å². The van der Waals surface area contributed by atoms with Gasteiger partial charge in [0, 0.05) is 33.3 Å². The van der Waals surface area contributed by atoms with Crippen molar-refractivity contribution in [2.24, 2.45) is 0 Å². The number of hydrogen-bond donors (Lipinski definition) is 0. The van der Waals surface area contributed by atoms with Crippen LogP contribution in [-0.2, 0) is 0 Å². The highest BCUT2D eigenvalue weighted by Crippen LogP contribution is 2.37. The Morgan fingerprint density at radius 3 is 1.82 bits per heavy atom. The van der Waals surface area contributed by atoms with Gasteiger partial charge in [0.1, 0.15) is 0 Å². The number of hydrogen-bond acceptors (Lipinski definition) is 3. The molecule has 7 rings (SSSR count). The van der Waals surface area contributed by atoms with Gasteiger partial charge in [-0.1, -0.05) is 64.5 Å². The van der Waals surface area contributed by atoms with Crippen LogP contribution in [0.2, 0.25) is 0 Å². The van der Waals surface area contributed by atoms with Crippen LogP contribution in [0.1, 0.15) is 0 Å². The number of aromatic nitrogens is 4. The van der Waals surface area contributed by atoms with E-state index in [4.69, 9.17) is 4.98 Å². The summed E-state index contributed by atoms with van der Waals surface area (Å²) in [6.45, 7) is 0. The molecule has 5 heteroatoms. The third kappa shape index (κ3) is 3.88. The van der Waals surface area contributed by atoms with Crippen molar-refractivity contribution in [1.29, 1.82) is 0 Å². The highest BCUT2D eigenvalue weighted by Gasteiger charge is 2.15. The molecule has 4 aromatic heterocycles. The maximum absolute atomic E-state index is 4.90. The highest BCUT2D eigenvalue weighted by molar-refractivity contribution is 9.10. The highest BCUT2D eigenvalue weighted by atomic mass is 79.9. The summed E-state index contributed by atoms with van der Waals surface area (Å²) in [6, 6.07) is 39.6. The monoisotopic (exact) mass is 552 g/mol. The van der Waals surface area contributed by atoms with E-state index in [1.807, 2.05) is 36.4 Å². The van der Waals surface area contributed by atoms with Crippen LogP contribution < -0.4 is 0 Å². The van der Waals surface area contributed by atoms with E-state index in [-0.39, 0.29) is 0 Å². The Bertz CT molecular complexity index is 1850. The van der Waals surface area contributed by atoms with Gasteiger partial charge in [-0.05, 0) is 77.9 Å². The fraction of sp³-hybridized carbons (Fsp3) is 0. The average Bonchev–Trinajstić information content (AvgIpc) is 3.33. The molecule has 4 heterocycles. The second-order valence-electron chi connectivity index (χ2n) is 9.09. The number of nitrogens with zero attached hydrogens (tertiary/aromatic N) is 4. The minimum Gasteiger partial charge on any atom is -0.309 e. The molecule has 0 aliphatic rings. The maximum Gasteiger partial charge on any atom is 0.0900 e. The van der Waals surface area contributed by atoms with Crippen molar-refractivity contribution in [2.45, 2.75) is 0 Å². The van der Waals surface area contributed by atoms with E-state index in [1.54, 1.807) is 12.4 Å². The van der Waals surface area contributed by atoms with Gasteiger partial charge in [0.25, 0.3) is 0 Å². The molecule has 0 unspecified atom stereocenters. The molecule has 7 aromatic rings. The minimum atomic E-state index is 0.820. The number of rotatable bonds is 4. The summed E-state index contributed by atoms with van der Waals surface area (Å²) in [5.74, 6) is 0. The SMILES string of the molecule is Brc1cccc2c1c1ccccc1n2-c1ccc(-c2cc(-c3ccccn3)nc(-c3ccccn3)c2)cc1. The number of pyridine rings is 3. The first-order valence-corrected chi connectivity index (χ1v) is 13.2. The van der Waals surface area contributed by atoms with E-state index in [0.717, 1.165) is 44.1 Å². The Morgan fingerprint density at radius 2 is 1.16 bits per heavy atom. The lowest BCUT2D eigenvalue weighted by Crippen LogP contribution is -1.95. The summed E-state index contributed by atoms with van der Waals surface area (Å²) in [5.41, 5.74) is 8.94. The second-order valence-corrected chi connectivity index (χ2v) is 9.94. The van der Waals surface area contributed by atoms with Gasteiger partial charge in [-0.25, -0.2) is 4.98 Å². The van der Waals surface area contributed by atoms with E-state index in [1.165, 1.54) is 21.8 Å². The molecule has 0 saturated carbocycles. The van der Waals surface area contributed by atoms with Crippen molar-refractivity contribution in [3.05, 3.63) is 132 Å². The third-order valence-electron chi connectivity index (χ3n) is 6.79. The van der Waals surface area contributed by atoms with Gasteiger partial charge < -0.3 is 4.57 Å². The van der Waals surface area contributed by atoms with Crippen LogP contribution >= 0.6 is 15.9 Å². The number of para-hydroxylation sites is 1. The van der Waals surface area contributed by atoms with Crippen molar-refractivity contribution in [2.75, 3.05) is 0 Å². The lowest BCUT2D eigenvalue weighted by atomic mass is 10.0. The van der Waals surface area contributed by atoms with Crippen LogP contribution in [0.3, 0.4) is 0 Å². The van der Waals surface area contributed by atoms with Gasteiger partial charge in [-0.2, -0.15) is 0 Å². The summed E-state index contributed by atoms with van der Waals surface area (Å²) < 4.78 is 3.42. The van der Waals surface area contributed by atoms with Crippen molar-refractivity contribution < 1.29 is 0 Å². The molecule has 0 aliphatic heterocycles. The molecular weight excluding hydrogens is 532 g/mol. The Labute approximate surface area is 228 Å². The standard InChI is InChI=1S/C33H21BrN4/c34-26-9-7-13-32-33(26)25-8-1-2-12-31(25)38(32)24-16-14-22(15-17-24)23-20-29(27-10-3-5-18-35-27)37-30(21-23)28-11-4-6-19-36-28/h1-21H. The van der Waals surface area contributed by atoms with Crippen LogP contribution in [0.4, 0.5) is 0 Å². The number of fused-ring (bicyclic) bond motifs is 3. The normalized spacial score (nSPS) is 11.3. The van der Waals surface area contributed by atoms with Crippen molar-refractivity contribution >= 4 is 37.7 Å². The molecule has 0 amide bonds. The van der Waals surface area contributed by atoms with Gasteiger partial charge in [-0.15, -0.1) is 0 Å². The zero-order chi connectivity index (χ0) is 25.5. The molecule has 0 fully saturated rings. The lowest BCUT2D eigenvalue weighted by molar-refractivity contribution is 1.18. The molecule has 180 valence electrons. The van der Waals surface area contributed by atoms with Crippen molar-refractivity contribution in [3.8, 4) is 39.6 Å². The summed E-state index contributed by atoms with van der Waals surface area (Å²) in [6.07, 6.45) is 3.59. The Kier molecular flexibility index (Phi) is 5.56. The Balaban J connectivity index is 1.37. The molecule has 3 aromatic carbocycles. The van der Waals surface area contributed by atoms with E-state index in [0.29, 0.717) is 0 Å². The van der Waals surface area contributed by atoms with Gasteiger partial charge in [0.15, 0.2) is 0 Å². The van der Waals surface area contributed by atoms with Crippen LogP contribution in [0.5, 0.6) is 0 Å². The molecule has 0 radical (unpaired) electrons. The van der Waals surface area contributed by atoms with Gasteiger partial charge in [0.05, 0.1) is 33.8 Å². The van der Waals surface area contributed by atoms with E-state index >= 15 is 0 Å². The smallest absolute Gasteiger partial charge is 0.0900 e. The molecule has 0 aliphatic carbocycles. The quantitative estimate of drug-likeness (QED) is 0.219. The second kappa shape index (κ2) is 9.36. The first-order chi connectivity index (χ1) is 18.8. The van der Waals surface area contributed by atoms with Crippen molar-refractivity contribution in [1.82, 2.24) is 19.5 Å². The minimum absolute atomic E-state index is 0.820. The molecule has 38 heavy (non-hydrogen) atoms. The van der Waals surface area contributed by atoms with Crippen LogP contribution in [0, 0.1) is 0 Å². The Morgan fingerprint density at radius 1 is 0.526 bits per heavy atom. The lowest BCUT2D eigenvalue weighted by Gasteiger charge is -2.11. The molecule has 0 N–H and O–H groups in total. The van der Waals surface area contributed by atoms with Crippen molar-refractivity contribution in [3.63, 3.8) is 0 Å². The number of benzene rings is 3. The van der Waals surface area contributed by atoms with Gasteiger partial charge in [-0.3, -0.25) is 9.97 Å². The summed E-state index contributed by atoms with van der Waals surface area (Å²) in [7, 11) is 0. The van der Waals surface area contributed by atoms with Crippen LogP contribution in [0.25, 0.3) is 61.4 Å². The zero-order valence-corrected chi connectivity index (χ0v) is 21.9. The predicted octanol–water partition coefficient (Wildman–Crippen LogP) is 8.73. The molecule has 0 atom stereocenters.